The summed E-state index contributed by atoms with van der Waals surface area (Å²) in [5.74, 6) is 0.247. The summed E-state index contributed by atoms with van der Waals surface area (Å²) < 4.78 is 5.84. The standard InChI is InChI=1S/C19H18N2O3/c1-2-13-5-3-4-6-14(13)11-18-19(23)21(10-9-20)16-8-7-15(22)12-17(16)24-18/h3-8,12,18,22H,2,10-11H2,1H3. The van der Waals surface area contributed by atoms with Gasteiger partial charge in [-0.3, -0.25) is 9.69 Å². The van der Waals surface area contributed by atoms with Gasteiger partial charge in [0, 0.05) is 12.5 Å². The van der Waals surface area contributed by atoms with Crippen LogP contribution in [-0.2, 0) is 17.6 Å². The van der Waals surface area contributed by atoms with E-state index >= 15 is 0 Å². The number of anilines is 1. The van der Waals surface area contributed by atoms with Crippen LogP contribution in [0.2, 0.25) is 0 Å². The number of rotatable bonds is 4. The highest BCUT2D eigenvalue weighted by Gasteiger charge is 2.34. The average Bonchev–Trinajstić information content (AvgIpc) is 2.59. The molecule has 122 valence electrons. The Morgan fingerprint density at radius 2 is 2.00 bits per heavy atom. The molecule has 1 aliphatic rings. The highest BCUT2D eigenvalue weighted by atomic mass is 16.5. The van der Waals surface area contributed by atoms with Gasteiger partial charge < -0.3 is 9.84 Å². The topological polar surface area (TPSA) is 73.6 Å². The summed E-state index contributed by atoms with van der Waals surface area (Å²) in [5, 5.41) is 18.7. The number of phenols is 1. The normalized spacial score (nSPS) is 16.2. The van der Waals surface area contributed by atoms with Gasteiger partial charge in [0.2, 0.25) is 0 Å². The van der Waals surface area contributed by atoms with Gasteiger partial charge in [-0.05, 0) is 29.7 Å². The third-order valence-corrected chi connectivity index (χ3v) is 4.18. The number of nitriles is 1. The summed E-state index contributed by atoms with van der Waals surface area (Å²) in [6.45, 7) is 2.02. The van der Waals surface area contributed by atoms with Gasteiger partial charge in [-0.25, -0.2) is 0 Å². The van der Waals surface area contributed by atoms with E-state index in [9.17, 15) is 9.90 Å². The minimum Gasteiger partial charge on any atom is -0.508 e. The van der Waals surface area contributed by atoms with Crippen LogP contribution in [0, 0.1) is 11.3 Å². The molecule has 5 heteroatoms. The average molecular weight is 322 g/mol. The second-order valence-electron chi connectivity index (χ2n) is 5.67. The number of carbonyl (C=O) groups excluding carboxylic acids is 1. The van der Waals surface area contributed by atoms with E-state index in [0.717, 1.165) is 12.0 Å². The second-order valence-corrected chi connectivity index (χ2v) is 5.67. The Balaban J connectivity index is 1.95. The number of carbonyl (C=O) groups is 1. The van der Waals surface area contributed by atoms with Crippen LogP contribution in [0.3, 0.4) is 0 Å². The van der Waals surface area contributed by atoms with Gasteiger partial charge in [-0.15, -0.1) is 0 Å². The SMILES string of the molecule is CCc1ccccc1CC1Oc2cc(O)ccc2N(CC#N)C1=O. The Hall–Kier alpha value is -3.00. The third-order valence-electron chi connectivity index (χ3n) is 4.18. The molecule has 0 spiro atoms. The van der Waals surface area contributed by atoms with E-state index in [1.165, 1.54) is 22.6 Å². The third kappa shape index (κ3) is 2.91. The van der Waals surface area contributed by atoms with Gasteiger partial charge in [0.05, 0.1) is 11.8 Å². The fraction of sp³-hybridized carbons (Fsp3) is 0.263. The van der Waals surface area contributed by atoms with Crippen molar-refractivity contribution < 1.29 is 14.6 Å². The van der Waals surface area contributed by atoms with Crippen LogP contribution in [0.15, 0.2) is 42.5 Å². The van der Waals surface area contributed by atoms with Crippen molar-refractivity contribution in [3.05, 3.63) is 53.6 Å². The van der Waals surface area contributed by atoms with E-state index in [0.29, 0.717) is 17.9 Å². The Labute approximate surface area is 140 Å². The smallest absolute Gasteiger partial charge is 0.269 e. The van der Waals surface area contributed by atoms with Crippen LogP contribution in [0.5, 0.6) is 11.5 Å². The molecule has 1 heterocycles. The molecule has 0 bridgehead atoms. The summed E-state index contributed by atoms with van der Waals surface area (Å²) in [6, 6.07) is 14.5. The predicted molar refractivity (Wildman–Crippen MR) is 90.0 cm³/mol. The lowest BCUT2D eigenvalue weighted by Crippen LogP contribution is -2.47. The molecule has 0 saturated heterocycles. The zero-order valence-corrected chi connectivity index (χ0v) is 13.4. The summed E-state index contributed by atoms with van der Waals surface area (Å²) in [7, 11) is 0. The molecule has 0 fully saturated rings. The largest absolute Gasteiger partial charge is 0.508 e. The van der Waals surface area contributed by atoms with Crippen molar-refractivity contribution in [1.29, 1.82) is 5.26 Å². The van der Waals surface area contributed by atoms with Crippen LogP contribution in [0.25, 0.3) is 0 Å². The number of fused-ring (bicyclic) bond motifs is 1. The van der Waals surface area contributed by atoms with Crippen LogP contribution < -0.4 is 9.64 Å². The molecule has 3 rings (SSSR count). The van der Waals surface area contributed by atoms with Crippen molar-refractivity contribution in [3.63, 3.8) is 0 Å². The van der Waals surface area contributed by atoms with Gasteiger partial charge >= 0.3 is 0 Å². The first-order valence-corrected chi connectivity index (χ1v) is 7.88. The van der Waals surface area contributed by atoms with E-state index in [2.05, 4.69) is 6.92 Å². The zero-order valence-electron chi connectivity index (χ0n) is 13.4. The van der Waals surface area contributed by atoms with Crippen molar-refractivity contribution in [1.82, 2.24) is 0 Å². The molecule has 1 N–H and O–H groups in total. The predicted octanol–water partition coefficient (Wildman–Crippen LogP) is 2.81. The van der Waals surface area contributed by atoms with Gasteiger partial charge in [0.25, 0.3) is 5.91 Å². The number of aromatic hydroxyl groups is 1. The van der Waals surface area contributed by atoms with Gasteiger partial charge in [0.15, 0.2) is 6.10 Å². The Kier molecular flexibility index (Phi) is 4.39. The maximum atomic E-state index is 12.8. The number of ether oxygens (including phenoxy) is 1. The van der Waals surface area contributed by atoms with Gasteiger partial charge in [-0.2, -0.15) is 5.26 Å². The summed E-state index contributed by atoms with van der Waals surface area (Å²) in [6.07, 6.45) is 0.594. The van der Waals surface area contributed by atoms with Crippen LogP contribution in [0.1, 0.15) is 18.1 Å². The summed E-state index contributed by atoms with van der Waals surface area (Å²) in [4.78, 5) is 14.2. The highest BCUT2D eigenvalue weighted by molar-refractivity contribution is 6.00. The molecule has 24 heavy (non-hydrogen) atoms. The Morgan fingerprint density at radius 1 is 1.25 bits per heavy atom. The van der Waals surface area contributed by atoms with Crippen molar-refractivity contribution in [2.75, 3.05) is 11.4 Å². The van der Waals surface area contributed by atoms with E-state index < -0.39 is 6.10 Å². The molecular weight excluding hydrogens is 304 g/mol. The maximum Gasteiger partial charge on any atom is 0.269 e. The number of nitrogens with zero attached hydrogens (tertiary/aromatic N) is 2. The van der Waals surface area contributed by atoms with Crippen molar-refractivity contribution in [2.24, 2.45) is 0 Å². The molecule has 5 nitrogen and oxygen atoms in total. The lowest BCUT2D eigenvalue weighted by Gasteiger charge is -2.33. The van der Waals surface area contributed by atoms with E-state index in [-0.39, 0.29) is 18.2 Å². The molecule has 0 radical (unpaired) electrons. The fourth-order valence-electron chi connectivity index (χ4n) is 2.98. The molecular formula is C19H18N2O3. The number of hydrogen-bond acceptors (Lipinski definition) is 4. The quantitative estimate of drug-likeness (QED) is 0.879. The Bertz CT molecular complexity index is 810. The van der Waals surface area contributed by atoms with Crippen LogP contribution >= 0.6 is 0 Å². The van der Waals surface area contributed by atoms with Crippen molar-refractivity contribution in [3.8, 4) is 17.6 Å². The first-order chi connectivity index (χ1) is 11.6. The molecule has 2 aromatic rings. The van der Waals surface area contributed by atoms with Gasteiger partial charge in [0.1, 0.15) is 18.0 Å². The van der Waals surface area contributed by atoms with E-state index in [4.69, 9.17) is 10.00 Å². The fourth-order valence-corrected chi connectivity index (χ4v) is 2.98. The molecule has 1 aliphatic heterocycles. The number of hydrogen-bond donors (Lipinski definition) is 1. The number of amides is 1. The molecule has 1 amide bonds. The molecule has 0 aliphatic carbocycles. The van der Waals surface area contributed by atoms with Crippen LogP contribution in [-0.4, -0.2) is 23.7 Å². The molecule has 0 aromatic heterocycles. The summed E-state index contributed by atoms with van der Waals surface area (Å²) >= 11 is 0. The van der Waals surface area contributed by atoms with Crippen molar-refractivity contribution >= 4 is 11.6 Å². The van der Waals surface area contributed by atoms with E-state index in [1.807, 2.05) is 30.3 Å². The monoisotopic (exact) mass is 322 g/mol. The second kappa shape index (κ2) is 6.63. The lowest BCUT2D eigenvalue weighted by atomic mass is 9.98. The first-order valence-electron chi connectivity index (χ1n) is 7.88. The lowest BCUT2D eigenvalue weighted by molar-refractivity contribution is -0.126. The van der Waals surface area contributed by atoms with Crippen LogP contribution in [0.4, 0.5) is 5.69 Å². The van der Waals surface area contributed by atoms with Crippen molar-refractivity contribution in [2.45, 2.75) is 25.9 Å². The zero-order chi connectivity index (χ0) is 17.1. The number of benzene rings is 2. The van der Waals surface area contributed by atoms with E-state index in [1.54, 1.807) is 6.07 Å². The highest BCUT2D eigenvalue weighted by Crippen LogP contribution is 2.37. The number of phenolic OH excluding ortho intramolecular Hbond substituents is 1. The number of aryl methyl sites for hydroxylation is 1. The molecule has 1 unspecified atom stereocenters. The summed E-state index contributed by atoms with van der Waals surface area (Å²) in [5.41, 5.74) is 2.74. The molecule has 0 saturated carbocycles. The maximum absolute atomic E-state index is 12.8. The molecule has 2 aromatic carbocycles. The first kappa shape index (κ1) is 15.9. The Morgan fingerprint density at radius 3 is 2.71 bits per heavy atom. The molecule has 1 atom stereocenters. The minimum absolute atomic E-state index is 0.0497. The van der Waals surface area contributed by atoms with Gasteiger partial charge in [-0.1, -0.05) is 31.2 Å². The minimum atomic E-state index is -0.708.